The van der Waals surface area contributed by atoms with Crippen molar-refractivity contribution in [2.45, 2.75) is 46.6 Å². The molecule has 0 radical (unpaired) electrons. The fourth-order valence-corrected chi connectivity index (χ4v) is 5.19. The van der Waals surface area contributed by atoms with Crippen LogP contribution in [0.2, 0.25) is 4.47 Å². The summed E-state index contributed by atoms with van der Waals surface area (Å²) in [6, 6.07) is 8.84. The molecule has 4 rings (SSSR count). The predicted molar refractivity (Wildman–Crippen MR) is 91.3 cm³/mol. The number of fused-ring (bicyclic) bond motifs is 2. The first-order chi connectivity index (χ1) is 11.2. The van der Waals surface area contributed by atoms with Gasteiger partial charge < -0.3 is 10.6 Å². The minimum absolute atomic E-state index is 0.000130. The second-order valence-electron chi connectivity index (χ2n) is 5.81. The summed E-state index contributed by atoms with van der Waals surface area (Å²) < 4.78 is 1.23. The Bertz CT molecular complexity index is 721. The zero-order valence-electron chi connectivity index (χ0n) is 12.2. The second kappa shape index (κ2) is 6.39. The van der Waals surface area contributed by atoms with Crippen molar-refractivity contribution >= 4 is 40.6 Å². The van der Waals surface area contributed by atoms with Gasteiger partial charge in [-0.05, 0) is 55.1 Å². The highest BCUT2D eigenvalue weighted by Gasteiger charge is 2.39. The Kier molecular flexibility index (Phi) is 4.27. The van der Waals surface area contributed by atoms with Crippen LogP contribution in [0, 0.1) is 0 Å². The zero-order chi connectivity index (χ0) is 15.8. The Balaban J connectivity index is 1.38. The van der Waals surface area contributed by atoms with Crippen LogP contribution >= 0.6 is 34.7 Å². The van der Waals surface area contributed by atoms with Gasteiger partial charge in [0.25, 0.3) is 5.91 Å². The minimum atomic E-state index is -0.000130. The molecule has 2 aromatic rings. The van der Waals surface area contributed by atoms with E-state index < -0.39 is 0 Å². The molecule has 120 valence electrons. The van der Waals surface area contributed by atoms with E-state index in [1.807, 2.05) is 24.3 Å². The summed E-state index contributed by atoms with van der Waals surface area (Å²) in [5.74, 6) is -0.000130. The van der Waals surface area contributed by atoms with Crippen LogP contribution in [0.25, 0.3) is 0 Å². The van der Waals surface area contributed by atoms with Crippen LogP contribution in [0.1, 0.15) is 29.6 Å². The Hall–Kier alpha value is -1.15. The summed E-state index contributed by atoms with van der Waals surface area (Å²) in [7, 11) is 0. The van der Waals surface area contributed by atoms with Crippen LogP contribution in [-0.2, 0) is 0 Å². The van der Waals surface area contributed by atoms with Gasteiger partial charge in [0.05, 0.1) is 0 Å². The van der Waals surface area contributed by atoms with Gasteiger partial charge in [0.15, 0.2) is 4.34 Å². The van der Waals surface area contributed by atoms with Crippen LogP contribution in [0.5, 0.6) is 0 Å². The van der Waals surface area contributed by atoms with Crippen molar-refractivity contribution in [3.05, 3.63) is 34.3 Å². The van der Waals surface area contributed by atoms with Gasteiger partial charge in [-0.1, -0.05) is 23.1 Å². The molecule has 2 aliphatic heterocycles. The molecule has 5 nitrogen and oxygen atoms in total. The molecule has 3 atom stereocenters. The molecule has 3 heterocycles. The molecule has 1 amide bonds. The van der Waals surface area contributed by atoms with Crippen molar-refractivity contribution in [1.82, 2.24) is 20.8 Å². The smallest absolute Gasteiger partial charge is 0.251 e. The van der Waals surface area contributed by atoms with Crippen LogP contribution in [0.15, 0.2) is 33.5 Å². The number of rotatable bonds is 4. The van der Waals surface area contributed by atoms with Gasteiger partial charge >= 0.3 is 0 Å². The largest absolute Gasteiger partial charge is 0.348 e. The van der Waals surface area contributed by atoms with Gasteiger partial charge in [-0.2, -0.15) is 0 Å². The first-order valence-electron chi connectivity index (χ1n) is 7.51. The molecule has 2 N–H and O–H groups in total. The molecule has 1 aromatic carbocycles. The third kappa shape index (κ3) is 3.38. The van der Waals surface area contributed by atoms with Crippen molar-refractivity contribution < 1.29 is 4.79 Å². The molecule has 23 heavy (non-hydrogen) atoms. The van der Waals surface area contributed by atoms with E-state index in [4.69, 9.17) is 11.6 Å². The monoisotopic (exact) mass is 366 g/mol. The highest BCUT2D eigenvalue weighted by molar-refractivity contribution is 8.01. The van der Waals surface area contributed by atoms with Crippen molar-refractivity contribution in [2.24, 2.45) is 0 Å². The molecule has 2 bridgehead atoms. The number of aromatic nitrogens is 2. The Morgan fingerprint density at radius 1 is 1.30 bits per heavy atom. The lowest BCUT2D eigenvalue weighted by Gasteiger charge is -2.21. The molecule has 3 unspecified atom stereocenters. The third-order valence-electron chi connectivity index (χ3n) is 4.32. The third-order valence-corrected chi connectivity index (χ3v) is 6.40. The first-order valence-corrected chi connectivity index (χ1v) is 9.52. The number of carbonyl (C=O) groups is 1. The van der Waals surface area contributed by atoms with Crippen molar-refractivity contribution in [3.8, 4) is 0 Å². The molecule has 1 aromatic heterocycles. The van der Waals surface area contributed by atoms with E-state index in [0.29, 0.717) is 22.1 Å². The van der Waals surface area contributed by atoms with E-state index in [0.717, 1.165) is 22.1 Å². The standard InChI is InChI=1S/C15H15ClN4OS2/c16-14-19-20-15(23-14)22-10-4-1-8(2-5-10)13(21)18-12-7-9-3-6-11(12)17-9/h1-2,4-5,9,11-12,17H,3,6-7H2,(H,18,21). The molecule has 0 saturated carbocycles. The summed E-state index contributed by atoms with van der Waals surface area (Å²) >= 11 is 8.61. The fraction of sp³-hybridized carbons (Fsp3) is 0.400. The van der Waals surface area contributed by atoms with Crippen LogP contribution in [0.4, 0.5) is 0 Å². The van der Waals surface area contributed by atoms with E-state index in [9.17, 15) is 4.79 Å². The summed E-state index contributed by atoms with van der Waals surface area (Å²) in [5.41, 5.74) is 0.687. The number of nitrogens with zero attached hydrogens (tertiary/aromatic N) is 2. The van der Waals surface area contributed by atoms with E-state index in [1.54, 1.807) is 0 Å². The van der Waals surface area contributed by atoms with Gasteiger partial charge in [0.2, 0.25) is 4.47 Å². The minimum Gasteiger partial charge on any atom is -0.348 e. The number of nitrogens with one attached hydrogen (secondary N) is 2. The van der Waals surface area contributed by atoms with Crippen molar-refractivity contribution in [1.29, 1.82) is 0 Å². The van der Waals surface area contributed by atoms with Crippen molar-refractivity contribution in [2.75, 3.05) is 0 Å². The molecule has 0 aliphatic carbocycles. The van der Waals surface area contributed by atoms with E-state index in [2.05, 4.69) is 20.8 Å². The van der Waals surface area contributed by atoms with Crippen molar-refractivity contribution in [3.63, 3.8) is 0 Å². The number of amides is 1. The summed E-state index contributed by atoms with van der Waals surface area (Å²) in [6.45, 7) is 0. The van der Waals surface area contributed by atoms with Crippen LogP contribution < -0.4 is 10.6 Å². The quantitative estimate of drug-likeness (QED) is 0.870. The number of carbonyl (C=O) groups excluding carboxylic acids is 1. The highest BCUT2D eigenvalue weighted by Crippen LogP contribution is 2.32. The van der Waals surface area contributed by atoms with Gasteiger partial charge in [0, 0.05) is 28.6 Å². The maximum absolute atomic E-state index is 12.4. The molecule has 2 fully saturated rings. The first kappa shape index (κ1) is 15.4. The van der Waals surface area contributed by atoms with E-state index in [-0.39, 0.29) is 11.9 Å². The lowest BCUT2D eigenvalue weighted by Crippen LogP contribution is -2.42. The number of benzene rings is 1. The van der Waals surface area contributed by atoms with E-state index in [1.165, 1.54) is 29.5 Å². The zero-order valence-corrected chi connectivity index (χ0v) is 14.5. The van der Waals surface area contributed by atoms with Gasteiger partial charge in [-0.15, -0.1) is 10.2 Å². The highest BCUT2D eigenvalue weighted by atomic mass is 35.5. The Labute approximate surface area is 147 Å². The molecular weight excluding hydrogens is 352 g/mol. The Morgan fingerprint density at radius 3 is 2.74 bits per heavy atom. The number of hydrogen-bond donors (Lipinski definition) is 2. The SMILES string of the molecule is O=C(NC1CC2CCC1N2)c1ccc(Sc2nnc(Cl)s2)cc1. The van der Waals surface area contributed by atoms with Crippen LogP contribution in [-0.4, -0.2) is 34.2 Å². The molecule has 0 spiro atoms. The van der Waals surface area contributed by atoms with E-state index >= 15 is 0 Å². The van der Waals surface area contributed by atoms with Gasteiger partial charge in [-0.3, -0.25) is 4.79 Å². The summed E-state index contributed by atoms with van der Waals surface area (Å²) in [5, 5.41) is 14.4. The normalized spacial score (nSPS) is 25.7. The summed E-state index contributed by atoms with van der Waals surface area (Å²) in [4.78, 5) is 13.4. The lowest BCUT2D eigenvalue weighted by molar-refractivity contribution is 0.0931. The average Bonchev–Trinajstić information content (AvgIpc) is 3.25. The molecular formula is C15H15ClN4OS2. The topological polar surface area (TPSA) is 66.9 Å². The fourth-order valence-electron chi connectivity index (χ4n) is 3.24. The Morgan fingerprint density at radius 2 is 2.13 bits per heavy atom. The average molecular weight is 367 g/mol. The molecule has 2 saturated heterocycles. The maximum Gasteiger partial charge on any atom is 0.251 e. The number of hydrogen-bond acceptors (Lipinski definition) is 6. The molecule has 8 heteroatoms. The lowest BCUT2D eigenvalue weighted by atomic mass is 9.95. The maximum atomic E-state index is 12.4. The molecule has 2 aliphatic rings. The summed E-state index contributed by atoms with van der Waals surface area (Å²) in [6.07, 6.45) is 3.44. The predicted octanol–water partition coefficient (Wildman–Crippen LogP) is 2.97. The number of halogens is 1. The van der Waals surface area contributed by atoms with Gasteiger partial charge in [-0.25, -0.2) is 0 Å². The second-order valence-corrected chi connectivity index (χ2v) is 8.69. The van der Waals surface area contributed by atoms with Crippen LogP contribution in [0.3, 0.4) is 0 Å². The van der Waals surface area contributed by atoms with Gasteiger partial charge in [0.1, 0.15) is 0 Å².